The lowest BCUT2D eigenvalue weighted by Gasteiger charge is -2.26. The number of halogens is 2. The summed E-state index contributed by atoms with van der Waals surface area (Å²) in [7, 11) is 0. The van der Waals surface area contributed by atoms with Crippen LogP contribution in [0.3, 0.4) is 0 Å². The molecular weight excluding hydrogens is 316 g/mol. The fraction of sp³-hybridized carbons (Fsp3) is 0.538. The maximum Gasteiger partial charge on any atom is 0.0177 e. The molecule has 0 aliphatic heterocycles. The van der Waals surface area contributed by atoms with Crippen molar-refractivity contribution < 1.29 is 0 Å². The molecule has 1 unspecified atom stereocenters. The van der Waals surface area contributed by atoms with Crippen molar-refractivity contribution in [3.05, 3.63) is 34.3 Å². The standard InChI is InChI=1S/C13H18Br2/c1-10(14)8-13(2,3)9-11-5-4-6-12(15)7-11/h4-7,10H,8-9H2,1-3H3. The lowest BCUT2D eigenvalue weighted by Crippen LogP contribution is -2.18. The van der Waals surface area contributed by atoms with Gasteiger partial charge in [-0.2, -0.15) is 0 Å². The van der Waals surface area contributed by atoms with E-state index in [1.54, 1.807) is 0 Å². The Morgan fingerprint density at radius 1 is 1.33 bits per heavy atom. The fourth-order valence-corrected chi connectivity index (χ4v) is 3.36. The summed E-state index contributed by atoms with van der Waals surface area (Å²) >= 11 is 7.14. The first kappa shape index (κ1) is 13.2. The van der Waals surface area contributed by atoms with E-state index < -0.39 is 0 Å². The van der Waals surface area contributed by atoms with Crippen LogP contribution in [0.5, 0.6) is 0 Å². The Morgan fingerprint density at radius 3 is 2.53 bits per heavy atom. The van der Waals surface area contributed by atoms with Gasteiger partial charge in [0.15, 0.2) is 0 Å². The van der Waals surface area contributed by atoms with Gasteiger partial charge in [-0.05, 0) is 36.0 Å². The molecule has 2 heteroatoms. The zero-order valence-electron chi connectivity index (χ0n) is 9.56. The molecule has 0 aliphatic carbocycles. The number of hydrogen-bond donors (Lipinski definition) is 0. The zero-order chi connectivity index (χ0) is 11.5. The van der Waals surface area contributed by atoms with Crippen molar-refractivity contribution >= 4 is 31.9 Å². The molecule has 0 aliphatic rings. The summed E-state index contributed by atoms with van der Waals surface area (Å²) in [5.41, 5.74) is 1.76. The number of benzene rings is 1. The summed E-state index contributed by atoms with van der Waals surface area (Å²) < 4.78 is 1.17. The lowest BCUT2D eigenvalue weighted by atomic mass is 9.82. The molecule has 0 amide bonds. The Labute approximate surface area is 110 Å². The predicted molar refractivity (Wildman–Crippen MR) is 74.6 cm³/mol. The highest BCUT2D eigenvalue weighted by Gasteiger charge is 2.20. The van der Waals surface area contributed by atoms with Crippen LogP contribution in [0, 0.1) is 5.41 Å². The van der Waals surface area contributed by atoms with Crippen LogP contribution in [0.1, 0.15) is 32.8 Å². The fourth-order valence-electron chi connectivity index (χ4n) is 2.03. The molecule has 1 atom stereocenters. The van der Waals surface area contributed by atoms with Crippen LogP contribution >= 0.6 is 31.9 Å². The molecule has 0 saturated heterocycles. The molecule has 15 heavy (non-hydrogen) atoms. The quantitative estimate of drug-likeness (QED) is 0.665. The molecule has 0 N–H and O–H groups in total. The second kappa shape index (κ2) is 5.49. The summed E-state index contributed by atoms with van der Waals surface area (Å²) in [6.07, 6.45) is 2.32. The van der Waals surface area contributed by atoms with E-state index >= 15 is 0 Å². The van der Waals surface area contributed by atoms with Gasteiger partial charge in [0.1, 0.15) is 0 Å². The third-order valence-electron chi connectivity index (χ3n) is 2.41. The first-order valence-electron chi connectivity index (χ1n) is 5.27. The van der Waals surface area contributed by atoms with Crippen LogP contribution in [0.2, 0.25) is 0 Å². The van der Waals surface area contributed by atoms with Gasteiger partial charge in [-0.15, -0.1) is 0 Å². The highest BCUT2D eigenvalue weighted by molar-refractivity contribution is 9.10. The van der Waals surface area contributed by atoms with Crippen LogP contribution in [-0.2, 0) is 6.42 Å². The lowest BCUT2D eigenvalue weighted by molar-refractivity contribution is 0.335. The number of hydrogen-bond acceptors (Lipinski definition) is 0. The van der Waals surface area contributed by atoms with Crippen molar-refractivity contribution in [2.24, 2.45) is 5.41 Å². The first-order chi connectivity index (χ1) is 6.89. The Balaban J connectivity index is 2.68. The third kappa shape index (κ3) is 5.17. The van der Waals surface area contributed by atoms with E-state index in [0.29, 0.717) is 10.2 Å². The molecule has 0 aromatic heterocycles. The summed E-state index contributed by atoms with van der Waals surface area (Å²) in [5, 5.41) is 0. The zero-order valence-corrected chi connectivity index (χ0v) is 12.7. The topological polar surface area (TPSA) is 0 Å². The summed E-state index contributed by atoms with van der Waals surface area (Å²) in [4.78, 5) is 0.583. The molecule has 1 rings (SSSR count). The predicted octanol–water partition coefficient (Wildman–Crippen LogP) is 5.19. The maximum atomic E-state index is 3.63. The molecule has 0 saturated carbocycles. The van der Waals surface area contributed by atoms with Gasteiger partial charge in [0.2, 0.25) is 0 Å². The van der Waals surface area contributed by atoms with Crippen molar-refractivity contribution in [2.45, 2.75) is 38.4 Å². The van der Waals surface area contributed by atoms with E-state index in [-0.39, 0.29) is 0 Å². The van der Waals surface area contributed by atoms with Crippen molar-refractivity contribution in [1.82, 2.24) is 0 Å². The molecule has 84 valence electrons. The largest absolute Gasteiger partial charge is 0.0893 e. The smallest absolute Gasteiger partial charge is 0.0177 e. The van der Waals surface area contributed by atoms with E-state index in [4.69, 9.17) is 0 Å². The van der Waals surface area contributed by atoms with E-state index in [1.165, 1.54) is 16.5 Å². The van der Waals surface area contributed by atoms with Gasteiger partial charge in [0.25, 0.3) is 0 Å². The molecule has 0 radical (unpaired) electrons. The van der Waals surface area contributed by atoms with E-state index in [1.807, 2.05) is 0 Å². The van der Waals surface area contributed by atoms with Gasteiger partial charge in [0, 0.05) is 9.30 Å². The van der Waals surface area contributed by atoms with Crippen LogP contribution in [0.15, 0.2) is 28.7 Å². The van der Waals surface area contributed by atoms with Gasteiger partial charge in [-0.3, -0.25) is 0 Å². The number of rotatable bonds is 4. The van der Waals surface area contributed by atoms with Gasteiger partial charge in [-0.25, -0.2) is 0 Å². The third-order valence-corrected chi connectivity index (χ3v) is 3.22. The monoisotopic (exact) mass is 332 g/mol. The highest BCUT2D eigenvalue weighted by Crippen LogP contribution is 2.30. The second-order valence-electron chi connectivity index (χ2n) is 4.96. The maximum absolute atomic E-state index is 3.63. The average molecular weight is 334 g/mol. The van der Waals surface area contributed by atoms with Crippen LogP contribution in [0.4, 0.5) is 0 Å². The summed E-state index contributed by atoms with van der Waals surface area (Å²) in [6.45, 7) is 6.86. The van der Waals surface area contributed by atoms with Gasteiger partial charge in [-0.1, -0.05) is 64.8 Å². The molecule has 1 aromatic carbocycles. The van der Waals surface area contributed by atoms with E-state index in [0.717, 1.165) is 6.42 Å². The van der Waals surface area contributed by atoms with E-state index in [2.05, 4.69) is 76.9 Å². The average Bonchev–Trinajstić information content (AvgIpc) is 1.99. The van der Waals surface area contributed by atoms with Crippen molar-refractivity contribution in [1.29, 1.82) is 0 Å². The van der Waals surface area contributed by atoms with Crippen LogP contribution < -0.4 is 0 Å². The summed E-state index contributed by atoms with van der Waals surface area (Å²) in [5.74, 6) is 0. The van der Waals surface area contributed by atoms with Crippen LogP contribution in [-0.4, -0.2) is 4.83 Å². The minimum Gasteiger partial charge on any atom is -0.0893 e. The van der Waals surface area contributed by atoms with Gasteiger partial charge >= 0.3 is 0 Å². The Morgan fingerprint density at radius 2 is 2.00 bits per heavy atom. The Bertz CT molecular complexity index is 316. The van der Waals surface area contributed by atoms with Crippen LogP contribution in [0.25, 0.3) is 0 Å². The summed E-state index contributed by atoms with van der Waals surface area (Å²) in [6, 6.07) is 8.59. The Hall–Kier alpha value is 0.180. The molecule has 0 fully saturated rings. The van der Waals surface area contributed by atoms with E-state index in [9.17, 15) is 0 Å². The second-order valence-corrected chi connectivity index (χ2v) is 7.43. The number of alkyl halides is 1. The van der Waals surface area contributed by atoms with Gasteiger partial charge < -0.3 is 0 Å². The first-order valence-corrected chi connectivity index (χ1v) is 6.98. The Kier molecular flexibility index (Phi) is 4.85. The molecule has 0 bridgehead atoms. The minimum atomic E-state index is 0.351. The normalized spacial score (nSPS) is 13.9. The van der Waals surface area contributed by atoms with Crippen molar-refractivity contribution in [2.75, 3.05) is 0 Å². The molecule has 0 nitrogen and oxygen atoms in total. The van der Waals surface area contributed by atoms with Crippen molar-refractivity contribution in [3.63, 3.8) is 0 Å². The molecule has 0 spiro atoms. The van der Waals surface area contributed by atoms with Crippen molar-refractivity contribution in [3.8, 4) is 0 Å². The highest BCUT2D eigenvalue weighted by atomic mass is 79.9. The van der Waals surface area contributed by atoms with Gasteiger partial charge in [0.05, 0.1) is 0 Å². The molecule has 0 heterocycles. The molecule has 1 aromatic rings. The molecular formula is C13H18Br2. The SMILES string of the molecule is CC(Br)CC(C)(C)Cc1cccc(Br)c1. The minimum absolute atomic E-state index is 0.351.